The van der Waals surface area contributed by atoms with E-state index in [0.29, 0.717) is 15.7 Å². The zero-order valence-electron chi connectivity index (χ0n) is 18.4. The summed E-state index contributed by atoms with van der Waals surface area (Å²) in [5, 5.41) is 23.5. The van der Waals surface area contributed by atoms with E-state index in [2.05, 4.69) is 39.1 Å². The topological polar surface area (TPSA) is 96.5 Å². The highest BCUT2D eigenvalue weighted by Gasteiger charge is 2.21. The second kappa shape index (κ2) is 9.49. The summed E-state index contributed by atoms with van der Waals surface area (Å²) in [6, 6.07) is 10.4. The number of para-hydroxylation sites is 1. The van der Waals surface area contributed by atoms with Gasteiger partial charge in [-0.3, -0.25) is 4.79 Å². The molecule has 0 fully saturated rings. The van der Waals surface area contributed by atoms with E-state index in [1.807, 2.05) is 18.2 Å². The van der Waals surface area contributed by atoms with E-state index >= 15 is 0 Å². The second-order valence-electron chi connectivity index (χ2n) is 8.10. The van der Waals surface area contributed by atoms with Crippen molar-refractivity contribution in [3.63, 3.8) is 0 Å². The molecule has 4 aromatic rings. The number of aromatic nitrogens is 4. The molecule has 0 bridgehead atoms. The number of nitriles is 1. The van der Waals surface area contributed by atoms with E-state index in [1.54, 1.807) is 11.3 Å². The number of carbonyl (C=O) groups excluding carboxylic acids is 1. The lowest BCUT2D eigenvalue weighted by Gasteiger charge is -2.08. The van der Waals surface area contributed by atoms with E-state index < -0.39 is 0 Å². The molecule has 7 nitrogen and oxygen atoms in total. The summed E-state index contributed by atoms with van der Waals surface area (Å²) in [6.07, 6.45) is 6.58. The Kier molecular flexibility index (Phi) is 6.29. The maximum atomic E-state index is 12.7. The predicted octanol–water partition coefficient (Wildman–Crippen LogP) is 5.32. The number of fused-ring (bicyclic) bond motifs is 4. The monoisotopic (exact) mass is 476 g/mol. The molecule has 3 heterocycles. The number of nitrogens with zero attached hydrogens (tertiary/aromatic N) is 5. The number of rotatable bonds is 5. The van der Waals surface area contributed by atoms with Gasteiger partial charge in [0, 0.05) is 16.8 Å². The van der Waals surface area contributed by atoms with Crippen LogP contribution in [0.1, 0.15) is 48.6 Å². The molecule has 0 atom stereocenters. The Bertz CT molecular complexity index is 1380. The van der Waals surface area contributed by atoms with Crippen molar-refractivity contribution in [2.24, 2.45) is 0 Å². The molecule has 0 unspecified atom stereocenters. The largest absolute Gasteiger partial charge is 0.324 e. The van der Waals surface area contributed by atoms with Gasteiger partial charge in [0.2, 0.25) is 11.1 Å². The third-order valence-electron chi connectivity index (χ3n) is 6.04. The molecule has 1 N–H and O–H groups in total. The van der Waals surface area contributed by atoms with E-state index in [9.17, 15) is 10.1 Å². The van der Waals surface area contributed by atoms with Gasteiger partial charge < -0.3 is 9.88 Å². The highest BCUT2D eigenvalue weighted by atomic mass is 32.2. The summed E-state index contributed by atoms with van der Waals surface area (Å²) < 4.78 is 2.12. The van der Waals surface area contributed by atoms with Crippen LogP contribution in [-0.4, -0.2) is 31.4 Å². The molecule has 1 aromatic carbocycles. The van der Waals surface area contributed by atoms with Crippen LogP contribution >= 0.6 is 23.1 Å². The fourth-order valence-electron chi connectivity index (χ4n) is 4.49. The van der Waals surface area contributed by atoms with Gasteiger partial charge in [-0.15, -0.1) is 21.5 Å². The number of anilines is 1. The van der Waals surface area contributed by atoms with Gasteiger partial charge in [-0.05, 0) is 44.2 Å². The molecule has 0 spiro atoms. The van der Waals surface area contributed by atoms with E-state index in [0.717, 1.165) is 59.9 Å². The number of thiophene rings is 1. The fourth-order valence-corrected chi connectivity index (χ4v) is 6.33. The number of hydrogen-bond donors (Lipinski definition) is 1. The standard InChI is InChI=1S/C24H24N6OS2/c1-2-30-18-11-8-7-10-16(18)21-22(30)27-24(29-28-21)32-14-20(31)26-23-17(13-25)15-9-5-3-4-6-12-19(15)33-23/h7-8,10-11H,2-6,9,12,14H2,1H3,(H,26,31). The summed E-state index contributed by atoms with van der Waals surface area (Å²) in [7, 11) is 0. The Morgan fingerprint density at radius 1 is 1.21 bits per heavy atom. The molecular formula is C24H24N6OS2. The smallest absolute Gasteiger partial charge is 0.235 e. The molecule has 33 heavy (non-hydrogen) atoms. The van der Waals surface area contributed by atoms with Gasteiger partial charge in [0.15, 0.2) is 5.65 Å². The maximum Gasteiger partial charge on any atom is 0.235 e. The number of nitrogens with one attached hydrogen (secondary N) is 1. The molecule has 5 rings (SSSR count). The summed E-state index contributed by atoms with van der Waals surface area (Å²) in [5.74, 6) is -0.00192. The highest BCUT2D eigenvalue weighted by Crippen LogP contribution is 2.36. The van der Waals surface area contributed by atoms with Crippen molar-refractivity contribution in [3.8, 4) is 6.07 Å². The Morgan fingerprint density at radius 2 is 2.03 bits per heavy atom. The lowest BCUT2D eigenvalue weighted by molar-refractivity contribution is -0.113. The Morgan fingerprint density at radius 3 is 2.85 bits per heavy atom. The summed E-state index contributed by atoms with van der Waals surface area (Å²) in [5.41, 5.74) is 4.41. The Hall–Kier alpha value is -2.96. The molecule has 0 saturated carbocycles. The average Bonchev–Trinajstić information content (AvgIpc) is 3.31. The van der Waals surface area contributed by atoms with E-state index in [-0.39, 0.29) is 11.7 Å². The first-order chi connectivity index (χ1) is 16.2. The molecule has 0 radical (unpaired) electrons. The molecule has 168 valence electrons. The molecule has 9 heteroatoms. The van der Waals surface area contributed by atoms with Crippen molar-refractivity contribution < 1.29 is 4.79 Å². The zero-order chi connectivity index (χ0) is 22.8. The average molecular weight is 477 g/mol. The number of carbonyl (C=O) groups is 1. The van der Waals surface area contributed by atoms with Crippen LogP contribution in [0.3, 0.4) is 0 Å². The van der Waals surface area contributed by atoms with Gasteiger partial charge in [-0.2, -0.15) is 5.26 Å². The van der Waals surface area contributed by atoms with Gasteiger partial charge in [0.1, 0.15) is 16.6 Å². The van der Waals surface area contributed by atoms with Crippen LogP contribution in [0, 0.1) is 11.3 Å². The van der Waals surface area contributed by atoms with Gasteiger partial charge in [-0.1, -0.05) is 42.8 Å². The zero-order valence-corrected chi connectivity index (χ0v) is 20.1. The van der Waals surface area contributed by atoms with Crippen molar-refractivity contribution >= 4 is 56.1 Å². The molecular weight excluding hydrogens is 452 g/mol. The maximum absolute atomic E-state index is 12.7. The molecule has 1 amide bonds. The Balaban J connectivity index is 1.33. The van der Waals surface area contributed by atoms with Crippen LogP contribution in [0.4, 0.5) is 5.00 Å². The molecule has 0 aliphatic heterocycles. The normalized spacial score (nSPS) is 13.9. The van der Waals surface area contributed by atoms with Crippen LogP contribution in [0.15, 0.2) is 29.4 Å². The van der Waals surface area contributed by atoms with Crippen molar-refractivity contribution in [2.45, 2.75) is 57.1 Å². The van der Waals surface area contributed by atoms with Crippen LogP contribution < -0.4 is 5.32 Å². The van der Waals surface area contributed by atoms with Crippen molar-refractivity contribution in [1.29, 1.82) is 5.26 Å². The third kappa shape index (κ3) is 4.21. The van der Waals surface area contributed by atoms with Crippen LogP contribution in [0.5, 0.6) is 0 Å². The molecule has 1 aliphatic rings. The number of thioether (sulfide) groups is 1. The minimum absolute atomic E-state index is 0.160. The number of benzene rings is 1. The second-order valence-corrected chi connectivity index (χ2v) is 10.1. The minimum Gasteiger partial charge on any atom is -0.324 e. The first-order valence-electron chi connectivity index (χ1n) is 11.3. The van der Waals surface area contributed by atoms with E-state index in [1.165, 1.54) is 29.5 Å². The van der Waals surface area contributed by atoms with Gasteiger partial charge >= 0.3 is 0 Å². The number of aryl methyl sites for hydroxylation is 2. The highest BCUT2D eigenvalue weighted by molar-refractivity contribution is 7.99. The number of hydrogen-bond acceptors (Lipinski definition) is 7. The predicted molar refractivity (Wildman–Crippen MR) is 133 cm³/mol. The molecule has 3 aromatic heterocycles. The van der Waals surface area contributed by atoms with E-state index in [4.69, 9.17) is 4.98 Å². The number of amides is 1. The van der Waals surface area contributed by atoms with Crippen molar-refractivity contribution in [3.05, 3.63) is 40.3 Å². The van der Waals surface area contributed by atoms with Crippen molar-refractivity contribution in [1.82, 2.24) is 19.7 Å². The fraction of sp³-hybridized carbons (Fsp3) is 0.375. The lowest BCUT2D eigenvalue weighted by Crippen LogP contribution is -2.14. The summed E-state index contributed by atoms with van der Waals surface area (Å²) in [4.78, 5) is 18.7. The van der Waals surface area contributed by atoms with Gasteiger partial charge in [0.25, 0.3) is 0 Å². The van der Waals surface area contributed by atoms with Crippen LogP contribution in [-0.2, 0) is 24.2 Å². The minimum atomic E-state index is -0.162. The van der Waals surface area contributed by atoms with Gasteiger partial charge in [-0.25, -0.2) is 4.98 Å². The quantitative estimate of drug-likeness (QED) is 0.392. The van der Waals surface area contributed by atoms with Crippen molar-refractivity contribution in [2.75, 3.05) is 11.1 Å². The van der Waals surface area contributed by atoms with Crippen LogP contribution in [0.2, 0.25) is 0 Å². The lowest BCUT2D eigenvalue weighted by atomic mass is 9.97. The van der Waals surface area contributed by atoms with Gasteiger partial charge in [0.05, 0.1) is 16.8 Å². The first kappa shape index (κ1) is 21.9. The SMILES string of the molecule is CCn1c2ccccc2c2nnc(SCC(=O)Nc3sc4c(c3C#N)CCCCCC4)nc21. The van der Waals surface area contributed by atoms with Crippen LogP contribution in [0.25, 0.3) is 22.1 Å². The summed E-state index contributed by atoms with van der Waals surface area (Å²) >= 11 is 2.82. The molecule has 0 saturated heterocycles. The summed E-state index contributed by atoms with van der Waals surface area (Å²) in [6.45, 7) is 2.85. The third-order valence-corrected chi connectivity index (χ3v) is 8.08. The Labute approximate surface area is 200 Å². The molecule has 1 aliphatic carbocycles. The first-order valence-corrected chi connectivity index (χ1v) is 13.1.